The number of ether oxygens (including phenoxy) is 4. The van der Waals surface area contributed by atoms with Gasteiger partial charge >= 0.3 is 18.0 Å². The van der Waals surface area contributed by atoms with Crippen LogP contribution < -0.4 is 9.04 Å². The number of piperidine rings is 1. The molecule has 0 spiro atoms. The third-order valence-electron chi connectivity index (χ3n) is 6.67. The molecule has 248 valence electrons. The lowest BCUT2D eigenvalue weighted by molar-refractivity contribution is -0.139. The first-order valence-corrected chi connectivity index (χ1v) is 16.7. The monoisotopic (exact) mass is 655 g/mol. The van der Waals surface area contributed by atoms with Gasteiger partial charge in [0, 0.05) is 25.9 Å². The van der Waals surface area contributed by atoms with Crippen LogP contribution in [0.2, 0.25) is 0 Å². The van der Waals surface area contributed by atoms with Crippen LogP contribution in [-0.2, 0) is 29.0 Å². The second-order valence-electron chi connectivity index (χ2n) is 11.4. The summed E-state index contributed by atoms with van der Waals surface area (Å²) in [6, 6.07) is 13.2. The molecule has 0 aromatic heterocycles. The maximum Gasteiger partial charge on any atom is 0.410 e. The standard InChI is InChI=1S/C33H41N3O9S/c1-6-42-30(37)23-46(40,41)36(17-9-12-24-10-8-11-25(20-24)22-34)26-13-14-29(28(21-26)31(38)43-7-2)44-27-15-18-35(19-16-27)32(39)45-33(3,4)5/h8-14,20-21,27H,6-7,15-19,23H2,1-5H3/b12-9+. The number of hydrogen-bond acceptors (Lipinski definition) is 10. The summed E-state index contributed by atoms with van der Waals surface area (Å²) in [5.41, 5.74) is 0.622. The predicted molar refractivity (Wildman–Crippen MR) is 172 cm³/mol. The van der Waals surface area contributed by atoms with Crippen molar-refractivity contribution in [2.45, 2.75) is 59.2 Å². The Hall–Kier alpha value is -4.57. The Kier molecular flexibility index (Phi) is 12.6. The smallest absolute Gasteiger partial charge is 0.410 e. The fourth-order valence-corrected chi connectivity index (χ4v) is 5.90. The van der Waals surface area contributed by atoms with Crippen LogP contribution >= 0.6 is 0 Å². The summed E-state index contributed by atoms with van der Waals surface area (Å²) in [5, 5.41) is 9.19. The quantitative estimate of drug-likeness (QED) is 0.227. The molecule has 1 aliphatic heterocycles. The third-order valence-corrected chi connectivity index (χ3v) is 8.30. The number of nitriles is 1. The van der Waals surface area contributed by atoms with Crippen LogP contribution in [0.3, 0.4) is 0 Å². The van der Waals surface area contributed by atoms with Crippen molar-refractivity contribution < 1.29 is 41.7 Å². The van der Waals surface area contributed by atoms with Crippen molar-refractivity contribution >= 4 is 39.8 Å². The van der Waals surface area contributed by atoms with E-state index >= 15 is 0 Å². The Morgan fingerprint density at radius 2 is 1.74 bits per heavy atom. The molecule has 0 bridgehead atoms. The van der Waals surface area contributed by atoms with Crippen molar-refractivity contribution in [2.24, 2.45) is 0 Å². The van der Waals surface area contributed by atoms with Crippen LogP contribution in [0, 0.1) is 11.3 Å². The van der Waals surface area contributed by atoms with Gasteiger partial charge in [-0.15, -0.1) is 0 Å². The van der Waals surface area contributed by atoms with E-state index in [1.807, 2.05) is 0 Å². The van der Waals surface area contributed by atoms with Gasteiger partial charge in [0.05, 0.1) is 37.1 Å². The predicted octanol–water partition coefficient (Wildman–Crippen LogP) is 4.93. The van der Waals surface area contributed by atoms with Crippen molar-refractivity contribution in [1.29, 1.82) is 5.26 Å². The number of amides is 1. The molecule has 0 unspecified atom stereocenters. The second kappa shape index (κ2) is 16.1. The topological polar surface area (TPSA) is 153 Å². The van der Waals surface area contributed by atoms with Crippen LogP contribution in [0.1, 0.15) is 68.9 Å². The Morgan fingerprint density at radius 3 is 2.37 bits per heavy atom. The lowest BCUT2D eigenvalue weighted by Crippen LogP contribution is -2.44. The van der Waals surface area contributed by atoms with Gasteiger partial charge in [-0.2, -0.15) is 5.26 Å². The van der Waals surface area contributed by atoms with E-state index in [0.717, 1.165) is 4.31 Å². The molecule has 2 aromatic carbocycles. The number of benzene rings is 2. The summed E-state index contributed by atoms with van der Waals surface area (Å²) in [5.74, 6) is -2.34. The van der Waals surface area contributed by atoms with Crippen molar-refractivity contribution in [3.63, 3.8) is 0 Å². The summed E-state index contributed by atoms with van der Waals surface area (Å²) >= 11 is 0. The van der Waals surface area contributed by atoms with Crippen LogP contribution in [0.5, 0.6) is 5.75 Å². The van der Waals surface area contributed by atoms with Gasteiger partial charge in [0.25, 0.3) is 0 Å². The highest BCUT2D eigenvalue weighted by molar-refractivity contribution is 7.93. The van der Waals surface area contributed by atoms with Gasteiger partial charge in [0.1, 0.15) is 23.0 Å². The number of rotatable bonds is 12. The van der Waals surface area contributed by atoms with Crippen molar-refractivity contribution in [3.8, 4) is 11.8 Å². The normalized spacial score (nSPS) is 14.0. The molecule has 0 N–H and O–H groups in total. The van der Waals surface area contributed by atoms with Gasteiger partial charge in [-0.1, -0.05) is 24.3 Å². The summed E-state index contributed by atoms with van der Waals surface area (Å²) in [7, 11) is -4.27. The fraction of sp³-hybridized carbons (Fsp3) is 0.455. The largest absolute Gasteiger partial charge is 0.489 e. The minimum atomic E-state index is -4.27. The molecule has 1 aliphatic rings. The Labute approximate surface area is 270 Å². The van der Waals surface area contributed by atoms with Gasteiger partial charge in [-0.3, -0.25) is 9.10 Å². The first-order valence-electron chi connectivity index (χ1n) is 15.0. The molecule has 1 heterocycles. The van der Waals surface area contributed by atoms with Crippen molar-refractivity contribution in [3.05, 3.63) is 65.2 Å². The van der Waals surface area contributed by atoms with E-state index in [-0.39, 0.29) is 42.9 Å². The summed E-state index contributed by atoms with van der Waals surface area (Å²) in [6.07, 6.45) is 3.47. The number of likely N-dealkylation sites (tertiary alicyclic amines) is 1. The highest BCUT2D eigenvalue weighted by atomic mass is 32.2. The zero-order chi connectivity index (χ0) is 33.9. The van der Waals surface area contributed by atoms with E-state index in [1.54, 1.807) is 75.9 Å². The second-order valence-corrected chi connectivity index (χ2v) is 13.3. The van der Waals surface area contributed by atoms with Gasteiger partial charge in [0.2, 0.25) is 10.0 Å². The van der Waals surface area contributed by atoms with E-state index in [4.69, 9.17) is 18.9 Å². The molecule has 13 heteroatoms. The van der Waals surface area contributed by atoms with Gasteiger partial charge in [-0.05, 0) is 70.5 Å². The number of carbonyl (C=O) groups excluding carboxylic acids is 3. The highest BCUT2D eigenvalue weighted by Gasteiger charge is 2.30. The molecular formula is C33H41N3O9S. The number of esters is 2. The van der Waals surface area contributed by atoms with Crippen molar-refractivity contribution in [2.75, 3.05) is 42.9 Å². The molecule has 46 heavy (non-hydrogen) atoms. The fourth-order valence-electron chi connectivity index (χ4n) is 4.61. The van der Waals surface area contributed by atoms with Gasteiger partial charge in [0.15, 0.2) is 5.75 Å². The van der Waals surface area contributed by atoms with Crippen LogP contribution in [0.4, 0.5) is 10.5 Å². The Balaban J connectivity index is 1.90. The van der Waals surface area contributed by atoms with Gasteiger partial charge < -0.3 is 23.8 Å². The number of hydrogen-bond donors (Lipinski definition) is 0. The van der Waals surface area contributed by atoms with E-state index in [0.29, 0.717) is 37.1 Å². The summed E-state index contributed by atoms with van der Waals surface area (Å²) in [4.78, 5) is 39.4. The maximum atomic E-state index is 13.5. The minimum Gasteiger partial charge on any atom is -0.489 e. The first-order chi connectivity index (χ1) is 21.8. The number of nitrogens with zero attached hydrogens (tertiary/aromatic N) is 3. The highest BCUT2D eigenvalue weighted by Crippen LogP contribution is 2.30. The Morgan fingerprint density at radius 1 is 1.04 bits per heavy atom. The lowest BCUT2D eigenvalue weighted by Gasteiger charge is -2.33. The van der Waals surface area contributed by atoms with Crippen LogP contribution in [0.15, 0.2) is 48.5 Å². The molecule has 1 amide bonds. The van der Waals surface area contributed by atoms with Gasteiger partial charge in [-0.25, -0.2) is 18.0 Å². The molecule has 1 fully saturated rings. The molecule has 0 atom stereocenters. The van der Waals surface area contributed by atoms with E-state index < -0.39 is 39.4 Å². The van der Waals surface area contributed by atoms with Crippen molar-refractivity contribution in [1.82, 2.24) is 4.90 Å². The molecule has 0 radical (unpaired) electrons. The first kappa shape index (κ1) is 35.9. The average Bonchev–Trinajstić information content (AvgIpc) is 2.99. The molecule has 12 nitrogen and oxygen atoms in total. The lowest BCUT2D eigenvalue weighted by atomic mass is 10.1. The molecule has 0 saturated carbocycles. The molecule has 2 aromatic rings. The van der Waals surface area contributed by atoms with E-state index in [1.165, 1.54) is 18.2 Å². The van der Waals surface area contributed by atoms with E-state index in [9.17, 15) is 28.1 Å². The zero-order valence-electron chi connectivity index (χ0n) is 26.9. The maximum absolute atomic E-state index is 13.5. The summed E-state index contributed by atoms with van der Waals surface area (Å²) in [6.45, 7) is 9.32. The SMILES string of the molecule is CCOC(=O)CS(=O)(=O)N(C/C=C/c1cccc(C#N)c1)c1ccc(OC2CCN(C(=O)OC(C)(C)C)CC2)c(C(=O)OCC)c1. The number of anilines is 1. The number of carbonyl (C=O) groups is 3. The molecule has 0 aliphatic carbocycles. The van der Waals surface area contributed by atoms with E-state index in [2.05, 4.69) is 6.07 Å². The Bertz CT molecular complexity index is 1570. The third kappa shape index (κ3) is 10.5. The summed E-state index contributed by atoms with van der Waals surface area (Å²) < 4.78 is 49.8. The molecule has 3 rings (SSSR count). The number of sulfonamides is 1. The van der Waals surface area contributed by atoms with Crippen LogP contribution in [-0.4, -0.2) is 81.7 Å². The minimum absolute atomic E-state index is 0.0101. The van der Waals surface area contributed by atoms with Crippen LogP contribution in [0.25, 0.3) is 6.08 Å². The molecule has 1 saturated heterocycles. The zero-order valence-corrected chi connectivity index (χ0v) is 27.7. The molecular weight excluding hydrogens is 614 g/mol. The average molecular weight is 656 g/mol.